The van der Waals surface area contributed by atoms with Gasteiger partial charge in [0.25, 0.3) is 0 Å². The van der Waals surface area contributed by atoms with Crippen molar-refractivity contribution in [3.8, 4) is 0 Å². The van der Waals surface area contributed by atoms with Crippen molar-refractivity contribution < 1.29 is 4.79 Å². The third-order valence-corrected chi connectivity index (χ3v) is 9.03. The van der Waals surface area contributed by atoms with E-state index in [2.05, 4.69) is 49.9 Å². The lowest BCUT2D eigenvalue weighted by molar-refractivity contribution is 0.0979. The van der Waals surface area contributed by atoms with Crippen molar-refractivity contribution in [1.29, 1.82) is 0 Å². The molecule has 0 fully saturated rings. The summed E-state index contributed by atoms with van der Waals surface area (Å²) in [6, 6.07) is 8.48. The van der Waals surface area contributed by atoms with Gasteiger partial charge in [-0.15, -0.1) is 0 Å². The molecule has 0 saturated carbocycles. The van der Waals surface area contributed by atoms with Crippen molar-refractivity contribution in [1.82, 2.24) is 0 Å². The Bertz CT molecular complexity index is 623. The van der Waals surface area contributed by atoms with E-state index >= 15 is 0 Å². The minimum Gasteiger partial charge on any atom is -0.294 e. The summed E-state index contributed by atoms with van der Waals surface area (Å²) >= 11 is 2.10. The Morgan fingerprint density at radius 2 is 0.895 bits per heavy atom. The van der Waals surface area contributed by atoms with E-state index in [-0.39, 0.29) is 0 Å². The predicted molar refractivity (Wildman–Crippen MR) is 174 cm³/mol. The summed E-state index contributed by atoms with van der Waals surface area (Å²) in [5.74, 6) is 2.82. The van der Waals surface area contributed by atoms with Crippen LogP contribution in [-0.2, 0) is 6.42 Å². The summed E-state index contributed by atoms with van der Waals surface area (Å²) in [4.78, 5) is 12.5. The number of Topliss-reactive ketones (excluding diaryl/α,β-unsaturated/α-hetero) is 1. The van der Waals surface area contributed by atoms with Gasteiger partial charge in [-0.05, 0) is 36.3 Å². The molecule has 0 aromatic heterocycles. The van der Waals surface area contributed by atoms with Gasteiger partial charge in [-0.2, -0.15) is 11.8 Å². The summed E-state index contributed by atoms with van der Waals surface area (Å²) in [5, 5.41) is 0. The van der Waals surface area contributed by atoms with E-state index in [1.807, 2.05) is 0 Å². The summed E-state index contributed by atoms with van der Waals surface area (Å²) in [6.45, 7) is 4.58. The third-order valence-electron chi connectivity index (χ3n) is 7.96. The summed E-state index contributed by atoms with van der Waals surface area (Å²) in [7, 11) is 0. The Labute approximate surface area is 243 Å². The molecule has 0 amide bonds. The highest BCUT2D eigenvalue weighted by Gasteiger charge is 2.06. The summed E-state index contributed by atoms with van der Waals surface area (Å²) < 4.78 is 0. The van der Waals surface area contributed by atoms with E-state index in [1.54, 1.807) is 0 Å². The highest BCUT2D eigenvalue weighted by Crippen LogP contribution is 2.16. The molecular weight excluding hydrogens is 480 g/mol. The van der Waals surface area contributed by atoms with Crippen molar-refractivity contribution in [2.75, 3.05) is 11.5 Å². The molecule has 0 aliphatic rings. The van der Waals surface area contributed by atoms with Gasteiger partial charge in [0.2, 0.25) is 0 Å². The average Bonchev–Trinajstić information content (AvgIpc) is 2.94. The standard InChI is InChI=1S/C36H64OS/c1-3-5-7-9-11-13-15-16-17-18-20-22-24-26-36(37)35-29-27-34(28-30-35)31-33-38-32-25-23-21-19-14-12-10-8-6-4-2/h27-30H,3-26,31-33H2,1-2H3. The van der Waals surface area contributed by atoms with E-state index in [4.69, 9.17) is 0 Å². The first kappa shape index (κ1) is 35.3. The van der Waals surface area contributed by atoms with Crippen LogP contribution in [0.25, 0.3) is 0 Å². The van der Waals surface area contributed by atoms with Gasteiger partial charge in [-0.25, -0.2) is 0 Å². The molecule has 1 aromatic carbocycles. The number of hydrogen-bond acceptors (Lipinski definition) is 2. The number of rotatable bonds is 29. The SMILES string of the molecule is CCCCCCCCCCCCCCCC(=O)c1ccc(CCSCCCCCCCCCCCC)cc1. The lowest BCUT2D eigenvalue weighted by Crippen LogP contribution is -1.99. The molecule has 0 saturated heterocycles. The zero-order chi connectivity index (χ0) is 27.4. The maximum absolute atomic E-state index is 12.5. The van der Waals surface area contributed by atoms with Crippen LogP contribution in [0.5, 0.6) is 0 Å². The fraction of sp³-hybridized carbons (Fsp3) is 0.806. The van der Waals surface area contributed by atoms with Crippen LogP contribution in [0.3, 0.4) is 0 Å². The lowest BCUT2D eigenvalue weighted by Gasteiger charge is -2.06. The van der Waals surface area contributed by atoms with Gasteiger partial charge in [0.15, 0.2) is 5.78 Å². The molecule has 0 spiro atoms. The first-order valence-electron chi connectivity index (χ1n) is 17.0. The van der Waals surface area contributed by atoms with Gasteiger partial charge in [0.1, 0.15) is 0 Å². The highest BCUT2D eigenvalue weighted by atomic mass is 32.2. The molecule has 0 unspecified atom stereocenters. The van der Waals surface area contributed by atoms with Crippen molar-refractivity contribution in [2.45, 2.75) is 174 Å². The normalized spacial score (nSPS) is 11.3. The smallest absolute Gasteiger partial charge is 0.162 e. The number of carbonyl (C=O) groups excluding carboxylic acids is 1. The molecule has 0 heterocycles. The van der Waals surface area contributed by atoms with Crippen LogP contribution in [0.15, 0.2) is 24.3 Å². The van der Waals surface area contributed by atoms with E-state index < -0.39 is 0 Å². The molecular formula is C36H64OS. The van der Waals surface area contributed by atoms with Gasteiger partial charge in [0.05, 0.1) is 0 Å². The number of benzene rings is 1. The number of carbonyl (C=O) groups is 1. The Morgan fingerprint density at radius 3 is 1.34 bits per heavy atom. The molecule has 2 heteroatoms. The van der Waals surface area contributed by atoms with Crippen LogP contribution >= 0.6 is 11.8 Å². The van der Waals surface area contributed by atoms with Gasteiger partial charge < -0.3 is 0 Å². The monoisotopic (exact) mass is 544 g/mol. The fourth-order valence-electron chi connectivity index (χ4n) is 5.29. The Kier molecular flexibility index (Phi) is 25.8. The zero-order valence-electron chi connectivity index (χ0n) is 25.7. The number of unbranched alkanes of at least 4 members (excludes halogenated alkanes) is 21. The average molecular weight is 545 g/mol. The maximum Gasteiger partial charge on any atom is 0.162 e. The number of thioether (sulfide) groups is 1. The largest absolute Gasteiger partial charge is 0.294 e. The second-order valence-electron chi connectivity index (χ2n) is 11.7. The molecule has 1 aromatic rings. The highest BCUT2D eigenvalue weighted by molar-refractivity contribution is 7.99. The second kappa shape index (κ2) is 27.8. The predicted octanol–water partition coefficient (Wildman–Crippen LogP) is 12.5. The van der Waals surface area contributed by atoms with Crippen LogP contribution in [0.1, 0.15) is 184 Å². The number of hydrogen-bond donors (Lipinski definition) is 0. The van der Waals surface area contributed by atoms with Crippen LogP contribution < -0.4 is 0 Å². The topological polar surface area (TPSA) is 17.1 Å². The van der Waals surface area contributed by atoms with E-state index in [0.29, 0.717) is 12.2 Å². The van der Waals surface area contributed by atoms with Crippen molar-refractivity contribution >= 4 is 17.5 Å². The quantitative estimate of drug-likeness (QED) is 0.0736. The molecule has 1 rings (SSSR count). The lowest BCUT2D eigenvalue weighted by atomic mass is 10.0. The first-order chi connectivity index (χ1) is 18.8. The van der Waals surface area contributed by atoms with Crippen LogP contribution in [0.2, 0.25) is 0 Å². The van der Waals surface area contributed by atoms with E-state index in [0.717, 1.165) is 18.4 Å². The van der Waals surface area contributed by atoms with Crippen molar-refractivity contribution in [3.63, 3.8) is 0 Å². The van der Waals surface area contributed by atoms with Gasteiger partial charge in [0, 0.05) is 12.0 Å². The number of aryl methyl sites for hydroxylation is 1. The molecule has 38 heavy (non-hydrogen) atoms. The molecule has 0 aliphatic carbocycles. The summed E-state index contributed by atoms with van der Waals surface area (Å²) in [6.07, 6.45) is 33.5. The molecule has 1 nitrogen and oxygen atoms in total. The second-order valence-corrected chi connectivity index (χ2v) is 12.9. The van der Waals surface area contributed by atoms with Crippen molar-refractivity contribution in [2.24, 2.45) is 0 Å². The van der Waals surface area contributed by atoms with Gasteiger partial charge >= 0.3 is 0 Å². The molecule has 220 valence electrons. The third kappa shape index (κ3) is 22.1. The summed E-state index contributed by atoms with van der Waals surface area (Å²) in [5.41, 5.74) is 2.28. The minimum atomic E-state index is 0.329. The molecule has 0 bridgehead atoms. The fourth-order valence-corrected chi connectivity index (χ4v) is 6.28. The van der Waals surface area contributed by atoms with Crippen LogP contribution in [-0.4, -0.2) is 17.3 Å². The Hall–Kier alpha value is -0.760. The molecule has 0 aliphatic heterocycles. The van der Waals surface area contributed by atoms with Gasteiger partial charge in [-0.3, -0.25) is 4.79 Å². The molecule has 0 atom stereocenters. The van der Waals surface area contributed by atoms with E-state index in [9.17, 15) is 4.79 Å². The maximum atomic E-state index is 12.5. The minimum absolute atomic E-state index is 0.329. The van der Waals surface area contributed by atoms with Crippen LogP contribution in [0, 0.1) is 0 Å². The van der Waals surface area contributed by atoms with Crippen molar-refractivity contribution in [3.05, 3.63) is 35.4 Å². The first-order valence-corrected chi connectivity index (χ1v) is 18.1. The zero-order valence-corrected chi connectivity index (χ0v) is 26.5. The van der Waals surface area contributed by atoms with E-state index in [1.165, 1.54) is 158 Å². The van der Waals surface area contributed by atoms with Gasteiger partial charge in [-0.1, -0.05) is 173 Å². The Balaban J connectivity index is 1.92. The van der Waals surface area contributed by atoms with Crippen LogP contribution in [0.4, 0.5) is 0 Å². The Morgan fingerprint density at radius 1 is 0.500 bits per heavy atom. The number of ketones is 1. The molecule has 0 radical (unpaired) electrons. The molecule has 0 N–H and O–H groups in total.